The van der Waals surface area contributed by atoms with Crippen LogP contribution in [0.1, 0.15) is 22.3 Å². The minimum atomic E-state index is -4.57. The first-order valence-electron chi connectivity index (χ1n) is 9.68. The molecule has 1 saturated carbocycles. The van der Waals surface area contributed by atoms with Gasteiger partial charge in [0.1, 0.15) is 0 Å². The third-order valence-corrected chi connectivity index (χ3v) is 6.41. The van der Waals surface area contributed by atoms with Crippen LogP contribution in [0.25, 0.3) is 0 Å². The van der Waals surface area contributed by atoms with Gasteiger partial charge in [0.05, 0.1) is 23.1 Å². The Hall–Kier alpha value is -3.16. The van der Waals surface area contributed by atoms with Gasteiger partial charge >= 0.3 is 6.18 Å². The van der Waals surface area contributed by atoms with Crippen molar-refractivity contribution >= 4 is 23.4 Å². The number of alkyl halides is 3. The largest absolute Gasteiger partial charge is 0.416 e. The lowest BCUT2D eigenvalue weighted by atomic mass is 9.87. The fraction of sp³-hybridized carbons (Fsp3) is 0.318. The Morgan fingerprint density at radius 1 is 0.933 bits per heavy atom. The van der Waals surface area contributed by atoms with Crippen LogP contribution < -0.4 is 4.90 Å². The smallest absolute Gasteiger partial charge is 0.335 e. The number of hydrogen-bond donors (Lipinski definition) is 0. The van der Waals surface area contributed by atoms with E-state index in [1.807, 2.05) is 0 Å². The van der Waals surface area contributed by atoms with E-state index in [0.29, 0.717) is 18.5 Å². The monoisotopic (exact) mass is 414 g/mol. The van der Waals surface area contributed by atoms with Gasteiger partial charge in [-0.3, -0.25) is 14.4 Å². The van der Waals surface area contributed by atoms with Crippen LogP contribution in [0.4, 0.5) is 18.9 Å². The number of imide groups is 1. The zero-order chi connectivity index (χ0) is 21.2. The molecule has 0 N–H and O–H groups in total. The molecule has 0 aromatic heterocycles. The summed E-state index contributed by atoms with van der Waals surface area (Å²) < 4.78 is 39.2. The molecule has 2 bridgehead atoms. The molecule has 4 atom stereocenters. The molecule has 2 aromatic carbocycles. The van der Waals surface area contributed by atoms with Gasteiger partial charge in [-0.1, -0.05) is 24.3 Å². The number of amides is 3. The first-order chi connectivity index (χ1) is 14.3. The fourth-order valence-electron chi connectivity index (χ4n) is 5.17. The second-order valence-corrected chi connectivity index (χ2v) is 8.00. The minimum Gasteiger partial charge on any atom is -0.335 e. The maximum Gasteiger partial charge on any atom is 0.416 e. The van der Waals surface area contributed by atoms with E-state index >= 15 is 0 Å². The van der Waals surface area contributed by atoms with Crippen molar-refractivity contribution in [2.45, 2.75) is 18.6 Å². The number of nitrogens with zero attached hydrogens (tertiary/aromatic N) is 2. The van der Waals surface area contributed by atoms with Gasteiger partial charge in [0.15, 0.2) is 0 Å². The molecule has 2 saturated heterocycles. The Balaban J connectivity index is 1.45. The summed E-state index contributed by atoms with van der Waals surface area (Å²) in [6.45, 7) is 0.370. The van der Waals surface area contributed by atoms with Crippen molar-refractivity contribution < 1.29 is 27.6 Å². The highest BCUT2D eigenvalue weighted by Gasteiger charge is 2.64. The predicted molar refractivity (Wildman–Crippen MR) is 100 cm³/mol. The third kappa shape index (κ3) is 2.66. The topological polar surface area (TPSA) is 57.7 Å². The van der Waals surface area contributed by atoms with Crippen LogP contribution in [-0.2, 0) is 15.8 Å². The molecule has 3 fully saturated rings. The maximum absolute atomic E-state index is 13.1. The second kappa shape index (κ2) is 6.42. The highest BCUT2D eigenvalue weighted by atomic mass is 19.4. The molecule has 2 aliphatic heterocycles. The molecule has 5 nitrogen and oxygen atoms in total. The average Bonchev–Trinajstić information content (AvgIpc) is 3.39. The molecule has 8 heteroatoms. The SMILES string of the molecule is O=C1[C@@H]2[C@H]3CC(CN3C(=O)c3ccccc3)[C@@H]2C(=O)N1c1cccc(C(F)(F)F)c1. The van der Waals surface area contributed by atoms with Crippen molar-refractivity contribution in [2.24, 2.45) is 17.8 Å². The number of halogens is 3. The molecule has 0 spiro atoms. The maximum atomic E-state index is 13.1. The average molecular weight is 414 g/mol. The Kier molecular flexibility index (Phi) is 4.03. The lowest BCUT2D eigenvalue weighted by Gasteiger charge is -2.32. The van der Waals surface area contributed by atoms with Gasteiger partial charge in [-0.25, -0.2) is 4.90 Å². The summed E-state index contributed by atoms with van der Waals surface area (Å²) in [5.74, 6) is -2.65. The third-order valence-electron chi connectivity index (χ3n) is 6.41. The fourth-order valence-corrected chi connectivity index (χ4v) is 5.17. The highest BCUT2D eigenvalue weighted by Crippen LogP contribution is 2.52. The second-order valence-electron chi connectivity index (χ2n) is 8.00. The Morgan fingerprint density at radius 3 is 2.33 bits per heavy atom. The number of benzene rings is 2. The standard InChI is InChI=1S/C22H17F3N2O3/c23-22(24,25)14-7-4-8-15(10-14)27-20(29)17-13-9-16(18(17)21(27)30)26(11-13)19(28)12-5-2-1-3-6-12/h1-8,10,13,16-18H,9,11H2/t13?,16-,17+,18-/m1/s1. The van der Waals surface area contributed by atoms with E-state index < -0.39 is 41.4 Å². The van der Waals surface area contributed by atoms with Crippen molar-refractivity contribution in [3.8, 4) is 0 Å². The molecule has 3 amide bonds. The summed E-state index contributed by atoms with van der Waals surface area (Å²) in [5, 5.41) is 0. The normalized spacial score (nSPS) is 27.7. The van der Waals surface area contributed by atoms with Crippen molar-refractivity contribution in [1.82, 2.24) is 4.90 Å². The Morgan fingerprint density at radius 2 is 1.63 bits per heavy atom. The predicted octanol–water partition coefficient (Wildman–Crippen LogP) is 3.36. The van der Waals surface area contributed by atoms with Crippen molar-refractivity contribution in [1.29, 1.82) is 0 Å². The molecule has 154 valence electrons. The zero-order valence-corrected chi connectivity index (χ0v) is 15.7. The van der Waals surface area contributed by atoms with E-state index in [2.05, 4.69) is 0 Å². The molecular formula is C22H17F3N2O3. The van der Waals surface area contributed by atoms with Crippen LogP contribution in [0.5, 0.6) is 0 Å². The number of carbonyl (C=O) groups excluding carboxylic acids is 3. The van der Waals surface area contributed by atoms with Crippen LogP contribution in [0.3, 0.4) is 0 Å². The number of rotatable bonds is 2. The zero-order valence-electron chi connectivity index (χ0n) is 15.7. The van der Waals surface area contributed by atoms with Gasteiger partial charge in [0, 0.05) is 18.2 Å². The number of fused-ring (bicyclic) bond motifs is 5. The number of carbonyl (C=O) groups is 3. The molecule has 3 aliphatic rings. The number of hydrogen-bond acceptors (Lipinski definition) is 3. The minimum absolute atomic E-state index is 0.0745. The van der Waals surface area contributed by atoms with E-state index in [4.69, 9.17) is 0 Å². The van der Waals surface area contributed by atoms with Crippen LogP contribution >= 0.6 is 0 Å². The molecule has 30 heavy (non-hydrogen) atoms. The lowest BCUT2D eigenvalue weighted by Crippen LogP contribution is -2.46. The van der Waals surface area contributed by atoms with Gasteiger partial charge in [-0.05, 0) is 42.7 Å². The summed E-state index contributed by atoms with van der Waals surface area (Å²) in [6.07, 6.45) is -4.02. The van der Waals surface area contributed by atoms with Crippen LogP contribution in [0.15, 0.2) is 54.6 Å². The summed E-state index contributed by atoms with van der Waals surface area (Å²) >= 11 is 0. The number of likely N-dealkylation sites (tertiary alicyclic amines) is 1. The highest BCUT2D eigenvalue weighted by molar-refractivity contribution is 6.23. The van der Waals surface area contributed by atoms with Gasteiger partial charge in [0.2, 0.25) is 11.8 Å². The summed E-state index contributed by atoms with van der Waals surface area (Å²) in [5.41, 5.74) is -0.482. The van der Waals surface area contributed by atoms with E-state index in [-0.39, 0.29) is 17.5 Å². The van der Waals surface area contributed by atoms with Crippen molar-refractivity contribution in [3.05, 3.63) is 65.7 Å². The molecule has 1 aliphatic carbocycles. The van der Waals surface area contributed by atoms with E-state index in [1.165, 1.54) is 12.1 Å². The van der Waals surface area contributed by atoms with Crippen LogP contribution in [-0.4, -0.2) is 35.2 Å². The van der Waals surface area contributed by atoms with Crippen LogP contribution in [0.2, 0.25) is 0 Å². The summed E-state index contributed by atoms with van der Waals surface area (Å²) in [6, 6.07) is 12.5. The first-order valence-corrected chi connectivity index (χ1v) is 9.68. The quantitative estimate of drug-likeness (QED) is 0.709. The molecular weight excluding hydrogens is 397 g/mol. The molecule has 0 radical (unpaired) electrons. The van der Waals surface area contributed by atoms with Gasteiger partial charge in [0.25, 0.3) is 5.91 Å². The summed E-state index contributed by atoms with van der Waals surface area (Å²) in [7, 11) is 0. The van der Waals surface area contributed by atoms with Gasteiger partial charge < -0.3 is 4.90 Å². The number of anilines is 1. The van der Waals surface area contributed by atoms with Crippen molar-refractivity contribution in [2.75, 3.05) is 11.4 Å². The van der Waals surface area contributed by atoms with E-state index in [0.717, 1.165) is 17.0 Å². The summed E-state index contributed by atoms with van der Waals surface area (Å²) in [4.78, 5) is 41.6. The molecule has 2 heterocycles. The molecule has 2 aromatic rings. The van der Waals surface area contributed by atoms with E-state index in [9.17, 15) is 27.6 Å². The number of piperidine rings is 1. The first kappa shape index (κ1) is 18.8. The lowest BCUT2D eigenvalue weighted by molar-refractivity contribution is -0.137. The van der Waals surface area contributed by atoms with Crippen molar-refractivity contribution in [3.63, 3.8) is 0 Å². The van der Waals surface area contributed by atoms with Crippen LogP contribution in [0, 0.1) is 17.8 Å². The van der Waals surface area contributed by atoms with E-state index in [1.54, 1.807) is 35.2 Å². The molecule has 5 rings (SSSR count). The van der Waals surface area contributed by atoms with Gasteiger partial charge in [-0.15, -0.1) is 0 Å². The Bertz CT molecular complexity index is 1050. The molecule has 1 unspecified atom stereocenters. The Labute approximate surface area is 170 Å². The van der Waals surface area contributed by atoms with Gasteiger partial charge in [-0.2, -0.15) is 13.2 Å².